The van der Waals surface area contributed by atoms with E-state index in [9.17, 15) is 13.2 Å². The normalized spacial score (nSPS) is 12.9. The van der Waals surface area contributed by atoms with Crippen LogP contribution in [0, 0.1) is 0 Å². The second-order valence-electron chi connectivity index (χ2n) is 4.76. The molecule has 7 heteroatoms. The molecule has 0 radical (unpaired) electrons. The highest BCUT2D eigenvalue weighted by atomic mass is 32.2. The zero-order valence-corrected chi connectivity index (χ0v) is 13.2. The van der Waals surface area contributed by atoms with Crippen LogP contribution in [0.5, 0.6) is 0 Å². The van der Waals surface area contributed by atoms with Gasteiger partial charge in [-0.05, 0) is 30.5 Å². The van der Waals surface area contributed by atoms with E-state index in [1.165, 1.54) is 6.07 Å². The van der Waals surface area contributed by atoms with Crippen molar-refractivity contribution in [2.75, 3.05) is 13.1 Å². The molecule has 0 aromatic heterocycles. The van der Waals surface area contributed by atoms with Crippen molar-refractivity contribution in [3.05, 3.63) is 29.8 Å². The summed E-state index contributed by atoms with van der Waals surface area (Å²) in [7, 11) is -3.71. The minimum atomic E-state index is -3.71. The van der Waals surface area contributed by atoms with E-state index in [1.807, 2.05) is 13.8 Å². The van der Waals surface area contributed by atoms with Gasteiger partial charge in [0.2, 0.25) is 15.9 Å². The summed E-state index contributed by atoms with van der Waals surface area (Å²) < 4.78 is 26.6. The van der Waals surface area contributed by atoms with Crippen LogP contribution in [-0.4, -0.2) is 27.4 Å². The fourth-order valence-corrected chi connectivity index (χ4v) is 2.76. The maximum atomic E-state index is 12.1. The Balaban J connectivity index is 2.76. The van der Waals surface area contributed by atoms with Gasteiger partial charge in [0, 0.05) is 12.6 Å². The van der Waals surface area contributed by atoms with Crippen LogP contribution < -0.4 is 15.8 Å². The Labute approximate surface area is 126 Å². The summed E-state index contributed by atoms with van der Waals surface area (Å²) in [5, 5.41) is 2.61. The van der Waals surface area contributed by atoms with E-state index in [1.54, 1.807) is 18.2 Å². The third-order valence-electron chi connectivity index (χ3n) is 3.03. The van der Waals surface area contributed by atoms with E-state index in [-0.39, 0.29) is 23.4 Å². The van der Waals surface area contributed by atoms with Crippen molar-refractivity contribution in [3.63, 3.8) is 0 Å². The average molecular weight is 313 g/mol. The summed E-state index contributed by atoms with van der Waals surface area (Å²) in [4.78, 5) is 11.6. The molecule has 118 valence electrons. The van der Waals surface area contributed by atoms with Gasteiger partial charge in [0.1, 0.15) is 0 Å². The van der Waals surface area contributed by atoms with Crippen LogP contribution >= 0.6 is 0 Å². The number of sulfonamides is 1. The topological polar surface area (TPSA) is 101 Å². The molecule has 21 heavy (non-hydrogen) atoms. The van der Waals surface area contributed by atoms with Gasteiger partial charge in [0.25, 0.3) is 0 Å². The first kappa shape index (κ1) is 17.6. The first-order valence-corrected chi connectivity index (χ1v) is 8.51. The number of carbonyl (C=O) groups excluding carboxylic acids is 1. The number of rotatable bonds is 8. The molecule has 0 fully saturated rings. The van der Waals surface area contributed by atoms with Crippen molar-refractivity contribution in [3.8, 4) is 0 Å². The van der Waals surface area contributed by atoms with Gasteiger partial charge in [-0.1, -0.05) is 26.0 Å². The standard InChI is InChI=1S/C14H23N3O3S/c1-3-8-16-14(18)10-17-21(19,20)12-7-5-6-11(9-12)13(15)4-2/h5-7,9,13,17H,3-4,8,10,15H2,1-2H3,(H,16,18). The minimum Gasteiger partial charge on any atom is -0.355 e. The van der Waals surface area contributed by atoms with Crippen molar-refractivity contribution >= 4 is 15.9 Å². The molecule has 1 atom stereocenters. The molecule has 1 aromatic carbocycles. The van der Waals surface area contributed by atoms with Crippen LogP contribution in [0.25, 0.3) is 0 Å². The summed E-state index contributed by atoms with van der Waals surface area (Å²) in [5.74, 6) is -0.346. The molecular weight excluding hydrogens is 290 g/mol. The SMILES string of the molecule is CCCNC(=O)CNS(=O)(=O)c1cccc(C(N)CC)c1. The molecule has 1 rings (SSSR count). The van der Waals surface area contributed by atoms with Crippen molar-refractivity contribution in [2.24, 2.45) is 5.73 Å². The van der Waals surface area contributed by atoms with Crippen LogP contribution in [-0.2, 0) is 14.8 Å². The number of amides is 1. The monoisotopic (exact) mass is 313 g/mol. The molecule has 0 heterocycles. The number of nitrogens with one attached hydrogen (secondary N) is 2. The molecule has 0 saturated carbocycles. The lowest BCUT2D eigenvalue weighted by Gasteiger charge is -2.12. The Morgan fingerprint density at radius 1 is 1.33 bits per heavy atom. The molecule has 0 aliphatic rings. The Hall–Kier alpha value is -1.44. The van der Waals surface area contributed by atoms with Crippen LogP contribution in [0.1, 0.15) is 38.3 Å². The molecule has 0 aliphatic carbocycles. The first-order chi connectivity index (χ1) is 9.90. The number of hydrogen-bond acceptors (Lipinski definition) is 4. The number of hydrogen-bond donors (Lipinski definition) is 3. The molecular formula is C14H23N3O3S. The van der Waals surface area contributed by atoms with E-state index in [4.69, 9.17) is 5.73 Å². The molecule has 0 saturated heterocycles. The van der Waals surface area contributed by atoms with Crippen molar-refractivity contribution in [1.82, 2.24) is 10.0 Å². The van der Waals surface area contributed by atoms with E-state index in [2.05, 4.69) is 10.0 Å². The fraction of sp³-hybridized carbons (Fsp3) is 0.500. The molecule has 6 nitrogen and oxygen atoms in total. The molecule has 0 spiro atoms. The Morgan fingerprint density at radius 2 is 2.05 bits per heavy atom. The van der Waals surface area contributed by atoms with Crippen LogP contribution in [0.3, 0.4) is 0 Å². The number of nitrogens with two attached hydrogens (primary N) is 1. The summed E-state index contributed by atoms with van der Waals surface area (Å²) in [5.41, 5.74) is 6.66. The second kappa shape index (κ2) is 8.11. The van der Waals surface area contributed by atoms with Crippen LogP contribution in [0.15, 0.2) is 29.2 Å². The second-order valence-corrected chi connectivity index (χ2v) is 6.53. The highest BCUT2D eigenvalue weighted by Crippen LogP contribution is 2.17. The summed E-state index contributed by atoms with van der Waals surface area (Å²) in [6.07, 6.45) is 1.52. The minimum absolute atomic E-state index is 0.118. The lowest BCUT2D eigenvalue weighted by atomic mass is 10.1. The van der Waals surface area contributed by atoms with E-state index < -0.39 is 10.0 Å². The van der Waals surface area contributed by atoms with Gasteiger partial charge in [-0.2, -0.15) is 0 Å². The van der Waals surface area contributed by atoms with E-state index in [0.717, 1.165) is 18.4 Å². The van der Waals surface area contributed by atoms with Crippen LogP contribution in [0.2, 0.25) is 0 Å². The quantitative estimate of drug-likeness (QED) is 0.663. The zero-order chi connectivity index (χ0) is 15.9. The van der Waals surface area contributed by atoms with Crippen molar-refractivity contribution in [2.45, 2.75) is 37.6 Å². The highest BCUT2D eigenvalue weighted by molar-refractivity contribution is 7.89. The maximum absolute atomic E-state index is 12.1. The molecule has 0 bridgehead atoms. The van der Waals surface area contributed by atoms with Gasteiger partial charge in [0.05, 0.1) is 11.4 Å². The molecule has 4 N–H and O–H groups in total. The van der Waals surface area contributed by atoms with Gasteiger partial charge in [-0.15, -0.1) is 0 Å². The fourth-order valence-electron chi connectivity index (χ4n) is 1.72. The lowest BCUT2D eigenvalue weighted by molar-refractivity contribution is -0.119. The summed E-state index contributed by atoms with van der Waals surface area (Å²) in [6.45, 7) is 4.11. The summed E-state index contributed by atoms with van der Waals surface area (Å²) in [6, 6.07) is 6.27. The number of carbonyl (C=O) groups is 1. The molecule has 1 unspecified atom stereocenters. The van der Waals surface area contributed by atoms with Gasteiger partial charge < -0.3 is 11.1 Å². The third-order valence-corrected chi connectivity index (χ3v) is 4.43. The largest absolute Gasteiger partial charge is 0.355 e. The van der Waals surface area contributed by atoms with Crippen molar-refractivity contribution in [1.29, 1.82) is 0 Å². The van der Waals surface area contributed by atoms with Crippen LogP contribution in [0.4, 0.5) is 0 Å². The maximum Gasteiger partial charge on any atom is 0.241 e. The Kier molecular flexibility index (Phi) is 6.80. The molecule has 1 aromatic rings. The van der Waals surface area contributed by atoms with Crippen molar-refractivity contribution < 1.29 is 13.2 Å². The van der Waals surface area contributed by atoms with E-state index >= 15 is 0 Å². The Morgan fingerprint density at radius 3 is 2.67 bits per heavy atom. The van der Waals surface area contributed by atoms with Gasteiger partial charge >= 0.3 is 0 Å². The molecule has 0 aliphatic heterocycles. The Bertz CT molecular complexity index is 573. The third kappa shape index (κ3) is 5.45. The van der Waals surface area contributed by atoms with E-state index in [0.29, 0.717) is 6.54 Å². The highest BCUT2D eigenvalue weighted by Gasteiger charge is 2.16. The average Bonchev–Trinajstić information content (AvgIpc) is 2.50. The first-order valence-electron chi connectivity index (χ1n) is 7.02. The summed E-state index contributed by atoms with van der Waals surface area (Å²) >= 11 is 0. The van der Waals surface area contributed by atoms with Gasteiger partial charge in [-0.25, -0.2) is 13.1 Å². The predicted octanol–water partition coefficient (Wildman–Crippen LogP) is 0.901. The predicted molar refractivity (Wildman–Crippen MR) is 82.2 cm³/mol. The van der Waals surface area contributed by atoms with Gasteiger partial charge in [-0.3, -0.25) is 4.79 Å². The van der Waals surface area contributed by atoms with Gasteiger partial charge in [0.15, 0.2) is 0 Å². The number of benzene rings is 1. The lowest BCUT2D eigenvalue weighted by Crippen LogP contribution is -2.37. The zero-order valence-electron chi connectivity index (χ0n) is 12.4. The smallest absolute Gasteiger partial charge is 0.241 e. The molecule has 1 amide bonds.